The topological polar surface area (TPSA) is 32.5 Å². The Balaban J connectivity index is 2.22. The average Bonchev–Trinajstić information content (AvgIpc) is 2.49. The number of nitrogens with zero attached hydrogens (tertiary/aromatic N) is 2. The van der Waals surface area contributed by atoms with Crippen molar-refractivity contribution in [2.45, 2.75) is 0 Å². The Morgan fingerprint density at radius 1 is 1.23 bits per heavy atom. The number of nitrogens with two attached hydrogens (primary N) is 1. The highest BCUT2D eigenvalue weighted by Crippen LogP contribution is 2.20. The zero-order chi connectivity index (χ0) is 9.26. The smallest absolute Gasteiger partial charge is 0.115 e. The molecule has 0 fully saturated rings. The first kappa shape index (κ1) is 7.98. The van der Waals surface area contributed by atoms with Gasteiger partial charge in [0.25, 0.3) is 0 Å². The molecule has 2 N–H and O–H groups in total. The largest absolute Gasteiger partial charge is 0.384 e. The van der Waals surface area contributed by atoms with Gasteiger partial charge in [-0.25, -0.2) is 0 Å². The van der Waals surface area contributed by atoms with Crippen molar-refractivity contribution >= 4 is 5.69 Å². The highest BCUT2D eigenvalue weighted by atomic mass is 15.6. The maximum absolute atomic E-state index is 5.75. The van der Waals surface area contributed by atoms with Crippen LogP contribution in [-0.2, 0) is 0 Å². The van der Waals surface area contributed by atoms with Gasteiger partial charge in [-0.3, -0.25) is 10.0 Å². The molecule has 0 aromatic heterocycles. The molecule has 3 nitrogen and oxygen atoms in total. The van der Waals surface area contributed by atoms with E-state index < -0.39 is 0 Å². The van der Waals surface area contributed by atoms with Crippen molar-refractivity contribution in [3.8, 4) is 0 Å². The Kier molecular flexibility index (Phi) is 1.85. The lowest BCUT2D eigenvalue weighted by Crippen LogP contribution is -2.36. The molecule has 0 bridgehead atoms. The Bertz CT molecular complexity index is 318. The molecule has 2 rings (SSSR count). The van der Waals surface area contributed by atoms with Crippen LogP contribution in [-0.4, -0.2) is 18.6 Å². The minimum Gasteiger partial charge on any atom is -0.384 e. The third-order valence-corrected chi connectivity index (χ3v) is 2.26. The summed E-state index contributed by atoms with van der Waals surface area (Å²) < 4.78 is 0. The van der Waals surface area contributed by atoms with Gasteiger partial charge >= 0.3 is 0 Å². The van der Waals surface area contributed by atoms with E-state index in [-0.39, 0.29) is 0 Å². The van der Waals surface area contributed by atoms with Gasteiger partial charge in [0.05, 0.1) is 12.2 Å². The van der Waals surface area contributed by atoms with Crippen molar-refractivity contribution < 1.29 is 0 Å². The maximum Gasteiger partial charge on any atom is 0.115 e. The molecule has 0 spiro atoms. The van der Waals surface area contributed by atoms with Crippen molar-refractivity contribution in [3.63, 3.8) is 0 Å². The summed E-state index contributed by atoms with van der Waals surface area (Å²) >= 11 is 0. The molecule has 0 aliphatic carbocycles. The molecule has 1 aliphatic rings. The fourth-order valence-electron chi connectivity index (χ4n) is 1.45. The number of hydrogen-bond acceptors (Lipinski definition) is 3. The predicted molar refractivity (Wildman–Crippen MR) is 53.8 cm³/mol. The van der Waals surface area contributed by atoms with Crippen LogP contribution in [0, 0.1) is 0 Å². The molecule has 68 valence electrons. The Hall–Kier alpha value is -1.64. The van der Waals surface area contributed by atoms with Gasteiger partial charge in [-0.05, 0) is 18.2 Å². The zero-order valence-corrected chi connectivity index (χ0v) is 7.64. The van der Waals surface area contributed by atoms with E-state index in [2.05, 4.69) is 17.1 Å². The minimum absolute atomic E-state index is 0.809. The molecule has 0 atom stereocenters. The van der Waals surface area contributed by atoms with E-state index in [0.717, 1.165) is 12.4 Å². The molecule has 0 saturated heterocycles. The highest BCUT2D eigenvalue weighted by molar-refractivity contribution is 5.47. The molecular weight excluding hydrogens is 162 g/mol. The summed E-state index contributed by atoms with van der Waals surface area (Å²) in [5, 5.41) is 4.07. The third kappa shape index (κ3) is 1.33. The minimum atomic E-state index is 0.809. The van der Waals surface area contributed by atoms with Crippen LogP contribution < -0.4 is 10.7 Å². The summed E-state index contributed by atoms with van der Waals surface area (Å²) in [5.74, 6) is 0.809. The van der Waals surface area contributed by atoms with Crippen LogP contribution in [0.4, 0.5) is 5.69 Å². The molecular formula is C10H13N3. The molecule has 1 aromatic rings. The monoisotopic (exact) mass is 175 g/mol. The maximum atomic E-state index is 5.75. The number of hydrogen-bond donors (Lipinski definition) is 1. The lowest BCUT2D eigenvalue weighted by Gasteiger charge is -2.28. The van der Waals surface area contributed by atoms with Gasteiger partial charge < -0.3 is 5.73 Å². The van der Waals surface area contributed by atoms with Crippen molar-refractivity contribution in [1.29, 1.82) is 0 Å². The zero-order valence-electron chi connectivity index (χ0n) is 7.64. The average molecular weight is 175 g/mol. The Morgan fingerprint density at radius 2 is 1.92 bits per heavy atom. The van der Waals surface area contributed by atoms with Gasteiger partial charge in [-0.15, -0.1) is 0 Å². The van der Waals surface area contributed by atoms with Crippen LogP contribution in [0.3, 0.4) is 0 Å². The number of rotatable bonds is 1. The van der Waals surface area contributed by atoms with Crippen LogP contribution in [0.15, 0.2) is 42.2 Å². The van der Waals surface area contributed by atoms with Crippen LogP contribution in [0.1, 0.15) is 0 Å². The Labute approximate surface area is 78.0 Å². The number of para-hydroxylation sites is 1. The first-order valence-corrected chi connectivity index (χ1v) is 4.31. The normalized spacial score (nSPS) is 16.2. The van der Waals surface area contributed by atoms with E-state index in [4.69, 9.17) is 5.73 Å². The second kappa shape index (κ2) is 3.01. The number of benzene rings is 1. The van der Waals surface area contributed by atoms with Crippen molar-refractivity contribution in [3.05, 3.63) is 42.2 Å². The number of hydrazine groups is 1. The van der Waals surface area contributed by atoms with E-state index in [9.17, 15) is 0 Å². The molecule has 0 amide bonds. The molecule has 0 saturated carbocycles. The molecule has 0 unspecified atom stereocenters. The SMILES string of the molecule is CN1C(N)=CCN1c1ccccc1. The van der Waals surface area contributed by atoms with Crippen molar-refractivity contribution in [2.75, 3.05) is 18.6 Å². The van der Waals surface area contributed by atoms with Crippen molar-refractivity contribution in [2.24, 2.45) is 5.73 Å². The molecule has 1 aromatic carbocycles. The van der Waals surface area contributed by atoms with Gasteiger partial charge in [-0.2, -0.15) is 0 Å². The number of anilines is 1. The van der Waals surface area contributed by atoms with Crippen LogP contribution in [0.5, 0.6) is 0 Å². The fraction of sp³-hybridized carbons (Fsp3) is 0.200. The first-order valence-electron chi connectivity index (χ1n) is 4.31. The van der Waals surface area contributed by atoms with Gasteiger partial charge in [0.15, 0.2) is 0 Å². The highest BCUT2D eigenvalue weighted by Gasteiger charge is 2.17. The lowest BCUT2D eigenvalue weighted by atomic mass is 10.3. The summed E-state index contributed by atoms with van der Waals surface area (Å²) in [6, 6.07) is 10.2. The quantitative estimate of drug-likeness (QED) is 0.695. The van der Waals surface area contributed by atoms with Gasteiger partial charge in [0, 0.05) is 7.05 Å². The molecule has 3 heteroatoms. The third-order valence-electron chi connectivity index (χ3n) is 2.26. The second-order valence-corrected chi connectivity index (χ2v) is 3.07. The summed E-state index contributed by atoms with van der Waals surface area (Å²) in [4.78, 5) is 0. The summed E-state index contributed by atoms with van der Waals surface area (Å²) in [6.07, 6.45) is 2.01. The summed E-state index contributed by atoms with van der Waals surface area (Å²) in [7, 11) is 1.96. The van der Waals surface area contributed by atoms with Gasteiger partial charge in [-0.1, -0.05) is 18.2 Å². The van der Waals surface area contributed by atoms with E-state index in [1.807, 2.05) is 36.3 Å². The van der Waals surface area contributed by atoms with E-state index in [1.165, 1.54) is 5.69 Å². The van der Waals surface area contributed by atoms with Crippen molar-refractivity contribution in [1.82, 2.24) is 5.01 Å². The van der Waals surface area contributed by atoms with Crippen LogP contribution in [0.2, 0.25) is 0 Å². The fourth-order valence-corrected chi connectivity index (χ4v) is 1.45. The van der Waals surface area contributed by atoms with E-state index >= 15 is 0 Å². The summed E-state index contributed by atoms with van der Waals surface area (Å²) in [6.45, 7) is 0.854. The first-order chi connectivity index (χ1) is 6.29. The van der Waals surface area contributed by atoms with Crippen LogP contribution >= 0.6 is 0 Å². The molecule has 0 radical (unpaired) electrons. The Morgan fingerprint density at radius 3 is 2.46 bits per heavy atom. The predicted octanol–water partition coefficient (Wildman–Crippen LogP) is 1.15. The van der Waals surface area contributed by atoms with Gasteiger partial charge in [0.2, 0.25) is 0 Å². The van der Waals surface area contributed by atoms with E-state index in [0.29, 0.717) is 0 Å². The molecule has 1 aliphatic heterocycles. The van der Waals surface area contributed by atoms with Crippen LogP contribution in [0.25, 0.3) is 0 Å². The second-order valence-electron chi connectivity index (χ2n) is 3.07. The van der Waals surface area contributed by atoms with E-state index in [1.54, 1.807) is 0 Å². The van der Waals surface area contributed by atoms with Gasteiger partial charge in [0.1, 0.15) is 5.82 Å². The molecule has 1 heterocycles. The molecule has 13 heavy (non-hydrogen) atoms. The lowest BCUT2D eigenvalue weighted by molar-refractivity contribution is 0.417. The summed E-state index contributed by atoms with van der Waals surface area (Å²) in [5.41, 5.74) is 6.92. The standard InChI is InChI=1S/C10H13N3/c1-12-10(11)7-8-13(12)9-5-3-2-4-6-9/h2-7H,8,11H2,1H3.